The molecule has 0 aliphatic carbocycles. The number of nitrogens with one attached hydrogen (secondary N) is 1. The molecule has 1 aromatic rings. The SMILES string of the molecule is COc1nc(NC(C)C(C)CN)nc(OC)n1. The molecule has 0 radical (unpaired) electrons. The number of methoxy groups -OCH3 is 2. The van der Waals surface area contributed by atoms with Gasteiger partial charge in [0.25, 0.3) is 0 Å². The average Bonchev–Trinajstić information content (AvgIpc) is 2.36. The van der Waals surface area contributed by atoms with Crippen molar-refractivity contribution in [3.05, 3.63) is 0 Å². The summed E-state index contributed by atoms with van der Waals surface area (Å²) in [6.07, 6.45) is 0. The topological polar surface area (TPSA) is 95.2 Å². The minimum absolute atomic E-state index is 0.150. The quantitative estimate of drug-likeness (QED) is 0.738. The van der Waals surface area contributed by atoms with Gasteiger partial charge in [0.15, 0.2) is 0 Å². The largest absolute Gasteiger partial charge is 0.467 e. The Morgan fingerprint density at radius 2 is 1.65 bits per heavy atom. The monoisotopic (exact) mass is 241 g/mol. The van der Waals surface area contributed by atoms with Gasteiger partial charge in [-0.2, -0.15) is 9.97 Å². The third-order valence-corrected chi connectivity index (χ3v) is 2.54. The van der Waals surface area contributed by atoms with E-state index in [2.05, 4.69) is 20.3 Å². The summed E-state index contributed by atoms with van der Waals surface area (Å²) in [5, 5.41) is 3.14. The van der Waals surface area contributed by atoms with Crippen LogP contribution < -0.4 is 20.5 Å². The first-order chi connectivity index (χ1) is 8.10. The molecule has 0 saturated carbocycles. The van der Waals surface area contributed by atoms with Gasteiger partial charge in [0.2, 0.25) is 5.95 Å². The Labute approximate surface area is 101 Å². The lowest BCUT2D eigenvalue weighted by Gasteiger charge is -2.19. The molecule has 0 bridgehead atoms. The highest BCUT2D eigenvalue weighted by Crippen LogP contribution is 2.14. The maximum Gasteiger partial charge on any atom is 0.324 e. The zero-order valence-corrected chi connectivity index (χ0v) is 10.6. The first kappa shape index (κ1) is 13.4. The summed E-state index contributed by atoms with van der Waals surface area (Å²) in [7, 11) is 2.98. The van der Waals surface area contributed by atoms with E-state index in [0.29, 0.717) is 18.4 Å². The molecule has 0 amide bonds. The van der Waals surface area contributed by atoms with Gasteiger partial charge in [-0.25, -0.2) is 0 Å². The Hall–Kier alpha value is -1.63. The van der Waals surface area contributed by atoms with Crippen molar-refractivity contribution in [2.75, 3.05) is 26.1 Å². The molecule has 17 heavy (non-hydrogen) atoms. The Bertz CT molecular complexity index is 338. The van der Waals surface area contributed by atoms with Gasteiger partial charge in [0.1, 0.15) is 0 Å². The molecule has 0 aliphatic rings. The summed E-state index contributed by atoms with van der Waals surface area (Å²) >= 11 is 0. The van der Waals surface area contributed by atoms with Gasteiger partial charge in [0.05, 0.1) is 14.2 Å². The minimum Gasteiger partial charge on any atom is -0.467 e. The number of rotatable bonds is 6. The molecule has 1 heterocycles. The Morgan fingerprint density at radius 1 is 1.12 bits per heavy atom. The molecule has 0 aromatic carbocycles. The van der Waals surface area contributed by atoms with Crippen molar-refractivity contribution < 1.29 is 9.47 Å². The zero-order valence-electron chi connectivity index (χ0n) is 10.6. The molecule has 2 unspecified atom stereocenters. The number of anilines is 1. The predicted octanol–water partition coefficient (Wildman–Crippen LogP) is 0.284. The second-order valence-electron chi connectivity index (χ2n) is 3.78. The third-order valence-electron chi connectivity index (χ3n) is 2.54. The van der Waals surface area contributed by atoms with Crippen LogP contribution in [0.15, 0.2) is 0 Å². The Kier molecular flexibility index (Phi) is 4.89. The van der Waals surface area contributed by atoms with E-state index in [0.717, 1.165) is 0 Å². The van der Waals surface area contributed by atoms with Crippen LogP contribution in [0.1, 0.15) is 13.8 Å². The van der Waals surface area contributed by atoms with Crippen molar-refractivity contribution in [2.45, 2.75) is 19.9 Å². The van der Waals surface area contributed by atoms with Crippen molar-refractivity contribution in [3.63, 3.8) is 0 Å². The number of aromatic nitrogens is 3. The highest BCUT2D eigenvalue weighted by molar-refractivity contribution is 5.28. The van der Waals surface area contributed by atoms with E-state index in [9.17, 15) is 0 Å². The molecule has 1 rings (SSSR count). The first-order valence-corrected chi connectivity index (χ1v) is 5.41. The van der Waals surface area contributed by atoms with E-state index in [1.165, 1.54) is 14.2 Å². The maximum atomic E-state index is 5.60. The molecule has 0 spiro atoms. The van der Waals surface area contributed by atoms with Gasteiger partial charge in [-0.3, -0.25) is 0 Å². The van der Waals surface area contributed by atoms with Crippen LogP contribution in [0.4, 0.5) is 5.95 Å². The van der Waals surface area contributed by atoms with Crippen molar-refractivity contribution in [2.24, 2.45) is 11.7 Å². The van der Waals surface area contributed by atoms with E-state index < -0.39 is 0 Å². The summed E-state index contributed by atoms with van der Waals surface area (Å²) in [6, 6.07) is 0.579. The molecule has 7 nitrogen and oxygen atoms in total. The van der Waals surface area contributed by atoms with E-state index in [-0.39, 0.29) is 18.1 Å². The number of nitrogens with two attached hydrogens (primary N) is 1. The summed E-state index contributed by atoms with van der Waals surface area (Å²) < 4.78 is 9.92. The lowest BCUT2D eigenvalue weighted by Crippen LogP contribution is -2.30. The number of ether oxygens (including phenoxy) is 2. The molecular formula is C10H19N5O2. The standard InChI is InChI=1S/C10H19N5O2/c1-6(5-11)7(2)12-8-13-9(16-3)15-10(14-8)17-4/h6-7H,5,11H2,1-4H3,(H,12,13,14,15). The maximum absolute atomic E-state index is 5.60. The first-order valence-electron chi connectivity index (χ1n) is 5.41. The lowest BCUT2D eigenvalue weighted by atomic mass is 10.0. The second kappa shape index (κ2) is 6.19. The van der Waals surface area contributed by atoms with Crippen LogP contribution in [0.5, 0.6) is 12.0 Å². The molecule has 96 valence electrons. The lowest BCUT2D eigenvalue weighted by molar-refractivity contribution is 0.340. The van der Waals surface area contributed by atoms with Gasteiger partial charge < -0.3 is 20.5 Å². The molecular weight excluding hydrogens is 222 g/mol. The molecule has 0 aliphatic heterocycles. The van der Waals surface area contributed by atoms with Gasteiger partial charge in [-0.15, -0.1) is 4.98 Å². The van der Waals surface area contributed by atoms with Gasteiger partial charge in [0, 0.05) is 6.04 Å². The smallest absolute Gasteiger partial charge is 0.324 e. The highest BCUT2D eigenvalue weighted by Gasteiger charge is 2.13. The van der Waals surface area contributed by atoms with Crippen LogP contribution in [0.3, 0.4) is 0 Å². The number of hydrogen-bond acceptors (Lipinski definition) is 7. The fraction of sp³-hybridized carbons (Fsp3) is 0.700. The second-order valence-corrected chi connectivity index (χ2v) is 3.78. The molecule has 7 heteroatoms. The third kappa shape index (κ3) is 3.70. The summed E-state index contributed by atoms with van der Waals surface area (Å²) in [5.41, 5.74) is 5.60. The van der Waals surface area contributed by atoms with Crippen molar-refractivity contribution in [1.29, 1.82) is 0 Å². The molecule has 0 fully saturated rings. The predicted molar refractivity (Wildman–Crippen MR) is 64.2 cm³/mol. The summed E-state index contributed by atoms with van der Waals surface area (Å²) in [4.78, 5) is 12.1. The summed E-state index contributed by atoms with van der Waals surface area (Å²) in [5.74, 6) is 0.727. The fourth-order valence-corrected chi connectivity index (χ4v) is 1.14. The van der Waals surface area contributed by atoms with Crippen LogP contribution >= 0.6 is 0 Å². The van der Waals surface area contributed by atoms with Crippen molar-refractivity contribution in [1.82, 2.24) is 15.0 Å². The Morgan fingerprint density at radius 3 is 2.06 bits per heavy atom. The van der Waals surface area contributed by atoms with Crippen molar-refractivity contribution >= 4 is 5.95 Å². The zero-order chi connectivity index (χ0) is 12.8. The molecule has 0 saturated heterocycles. The molecule has 2 atom stereocenters. The Balaban J connectivity index is 2.82. The van der Waals surface area contributed by atoms with Crippen LogP contribution in [-0.4, -0.2) is 41.8 Å². The van der Waals surface area contributed by atoms with Crippen molar-refractivity contribution in [3.8, 4) is 12.0 Å². The molecule has 1 aromatic heterocycles. The van der Waals surface area contributed by atoms with Gasteiger partial charge >= 0.3 is 12.0 Å². The van der Waals surface area contributed by atoms with Gasteiger partial charge in [-0.05, 0) is 19.4 Å². The van der Waals surface area contributed by atoms with Crippen LogP contribution in [0, 0.1) is 5.92 Å². The van der Waals surface area contributed by atoms with Crippen LogP contribution in [0.25, 0.3) is 0 Å². The normalized spacial score (nSPS) is 13.9. The molecule has 3 N–H and O–H groups in total. The highest BCUT2D eigenvalue weighted by atomic mass is 16.5. The van der Waals surface area contributed by atoms with E-state index in [1.54, 1.807) is 0 Å². The van der Waals surface area contributed by atoms with E-state index >= 15 is 0 Å². The van der Waals surface area contributed by atoms with Crippen LogP contribution in [-0.2, 0) is 0 Å². The van der Waals surface area contributed by atoms with E-state index in [1.807, 2.05) is 13.8 Å². The summed E-state index contributed by atoms with van der Waals surface area (Å²) in [6.45, 7) is 4.65. The fourth-order valence-electron chi connectivity index (χ4n) is 1.14. The van der Waals surface area contributed by atoms with E-state index in [4.69, 9.17) is 15.2 Å². The average molecular weight is 241 g/mol. The van der Waals surface area contributed by atoms with Gasteiger partial charge in [-0.1, -0.05) is 6.92 Å². The minimum atomic E-state index is 0.150. The number of hydrogen-bond donors (Lipinski definition) is 2. The number of nitrogens with zero attached hydrogens (tertiary/aromatic N) is 3. The van der Waals surface area contributed by atoms with Crippen LogP contribution in [0.2, 0.25) is 0 Å².